The zero-order valence-electron chi connectivity index (χ0n) is 11.1. The number of allylic oxidation sites excluding steroid dienone is 1. The minimum absolute atomic E-state index is 0.664. The van der Waals surface area contributed by atoms with Gasteiger partial charge in [-0.3, -0.25) is 4.98 Å². The van der Waals surface area contributed by atoms with E-state index in [1.54, 1.807) is 7.11 Å². The van der Waals surface area contributed by atoms with Crippen molar-refractivity contribution in [3.8, 4) is 5.75 Å². The van der Waals surface area contributed by atoms with Gasteiger partial charge in [0.15, 0.2) is 0 Å². The van der Waals surface area contributed by atoms with Crippen LogP contribution in [0.1, 0.15) is 30.5 Å². The molecule has 1 aromatic rings. The molecule has 18 heavy (non-hydrogen) atoms. The molecule has 0 saturated carbocycles. The molecule has 0 unspecified atom stereocenters. The minimum Gasteiger partial charge on any atom is -0.495 e. The molecule has 1 aliphatic carbocycles. The molecule has 1 fully saturated rings. The molecule has 1 saturated heterocycles. The van der Waals surface area contributed by atoms with E-state index in [2.05, 4.69) is 22.4 Å². The molecule has 0 radical (unpaired) electrons. The molecule has 2 atom stereocenters. The van der Waals surface area contributed by atoms with Gasteiger partial charge in [-0.25, -0.2) is 0 Å². The number of nitrogens with one attached hydrogen (secondary N) is 1. The van der Waals surface area contributed by atoms with Gasteiger partial charge in [-0.15, -0.1) is 0 Å². The molecule has 0 spiro atoms. The quantitative estimate of drug-likeness (QED) is 0.868. The van der Waals surface area contributed by atoms with E-state index < -0.39 is 0 Å². The molecule has 3 heteroatoms. The first-order chi connectivity index (χ1) is 8.78. The summed E-state index contributed by atoms with van der Waals surface area (Å²) >= 11 is 0. The van der Waals surface area contributed by atoms with Gasteiger partial charge in [-0.1, -0.05) is 6.08 Å². The van der Waals surface area contributed by atoms with Gasteiger partial charge < -0.3 is 10.1 Å². The molecule has 1 aliphatic heterocycles. The fourth-order valence-electron chi connectivity index (χ4n) is 3.09. The van der Waals surface area contributed by atoms with E-state index in [0.29, 0.717) is 6.04 Å². The fourth-order valence-corrected chi connectivity index (χ4v) is 3.09. The second kappa shape index (κ2) is 4.73. The van der Waals surface area contributed by atoms with Crippen LogP contribution in [0.2, 0.25) is 0 Å². The zero-order valence-corrected chi connectivity index (χ0v) is 11.1. The van der Waals surface area contributed by atoms with Crippen LogP contribution in [-0.2, 0) is 0 Å². The van der Waals surface area contributed by atoms with Crippen LogP contribution >= 0.6 is 0 Å². The van der Waals surface area contributed by atoms with Gasteiger partial charge in [0.1, 0.15) is 5.75 Å². The summed E-state index contributed by atoms with van der Waals surface area (Å²) in [6.07, 6.45) is 8.00. The first-order valence-electron chi connectivity index (χ1n) is 6.71. The third kappa shape index (κ3) is 2.03. The zero-order chi connectivity index (χ0) is 12.5. The number of nitrogens with zero attached hydrogens (tertiary/aromatic N) is 1. The molecule has 3 rings (SSSR count). The van der Waals surface area contributed by atoms with Gasteiger partial charge in [0.05, 0.1) is 12.8 Å². The highest BCUT2D eigenvalue weighted by atomic mass is 16.5. The molecule has 1 N–H and O–H groups in total. The summed E-state index contributed by atoms with van der Waals surface area (Å²) in [6, 6.07) is 2.78. The van der Waals surface area contributed by atoms with E-state index in [9.17, 15) is 0 Å². The van der Waals surface area contributed by atoms with Crippen LogP contribution in [-0.4, -0.2) is 24.7 Å². The topological polar surface area (TPSA) is 34.1 Å². The summed E-state index contributed by atoms with van der Waals surface area (Å²) < 4.78 is 5.36. The molecule has 96 valence electrons. The van der Waals surface area contributed by atoms with Crippen molar-refractivity contribution in [2.24, 2.45) is 5.92 Å². The normalized spacial score (nSPS) is 26.7. The van der Waals surface area contributed by atoms with Gasteiger partial charge in [-0.2, -0.15) is 0 Å². The molecule has 0 bridgehead atoms. The molecule has 0 amide bonds. The lowest BCUT2D eigenvalue weighted by Crippen LogP contribution is -2.29. The molecule has 0 aromatic carbocycles. The number of rotatable bonds is 2. The summed E-state index contributed by atoms with van der Waals surface area (Å²) in [5.41, 5.74) is 3.58. The second-order valence-corrected chi connectivity index (χ2v) is 5.29. The number of aryl methyl sites for hydroxylation is 1. The maximum Gasteiger partial charge on any atom is 0.140 e. The third-order valence-corrected chi connectivity index (χ3v) is 4.23. The van der Waals surface area contributed by atoms with Crippen molar-refractivity contribution in [2.45, 2.75) is 32.2 Å². The maximum atomic E-state index is 5.36. The van der Waals surface area contributed by atoms with Crippen molar-refractivity contribution >= 4 is 5.57 Å². The van der Waals surface area contributed by atoms with Crippen LogP contribution in [0, 0.1) is 12.8 Å². The Morgan fingerprint density at radius 3 is 3.17 bits per heavy atom. The summed E-state index contributed by atoms with van der Waals surface area (Å²) in [6.45, 7) is 3.15. The van der Waals surface area contributed by atoms with E-state index in [1.165, 1.54) is 30.5 Å². The molecular weight excluding hydrogens is 224 g/mol. The van der Waals surface area contributed by atoms with Gasteiger partial charge >= 0.3 is 0 Å². The number of hydrogen-bond donors (Lipinski definition) is 1. The first-order valence-corrected chi connectivity index (χ1v) is 6.71. The highest BCUT2D eigenvalue weighted by molar-refractivity contribution is 5.67. The van der Waals surface area contributed by atoms with Crippen LogP contribution in [0.15, 0.2) is 18.3 Å². The highest BCUT2D eigenvalue weighted by Crippen LogP contribution is 2.35. The number of hydrogen-bond acceptors (Lipinski definition) is 3. The predicted octanol–water partition coefficient (Wildman–Crippen LogP) is 2.55. The van der Waals surface area contributed by atoms with Crippen molar-refractivity contribution in [3.63, 3.8) is 0 Å². The molecular formula is C15H20N2O. The van der Waals surface area contributed by atoms with Crippen LogP contribution in [0.5, 0.6) is 5.75 Å². The average Bonchev–Trinajstić information content (AvgIpc) is 2.86. The Balaban J connectivity index is 1.86. The second-order valence-electron chi connectivity index (χ2n) is 5.29. The Hall–Kier alpha value is -1.35. The average molecular weight is 244 g/mol. The third-order valence-electron chi connectivity index (χ3n) is 4.23. The fraction of sp³-hybridized carbons (Fsp3) is 0.533. The first kappa shape index (κ1) is 11.7. The molecule has 2 heterocycles. The van der Waals surface area contributed by atoms with Crippen LogP contribution in [0.3, 0.4) is 0 Å². The smallest absolute Gasteiger partial charge is 0.140 e. The van der Waals surface area contributed by atoms with Gasteiger partial charge in [0.2, 0.25) is 0 Å². The number of ether oxygens (including phenoxy) is 1. The van der Waals surface area contributed by atoms with E-state index in [0.717, 1.165) is 23.8 Å². The van der Waals surface area contributed by atoms with E-state index in [4.69, 9.17) is 4.74 Å². The lowest BCUT2D eigenvalue weighted by atomic mass is 9.83. The van der Waals surface area contributed by atoms with E-state index in [-0.39, 0.29) is 0 Å². The van der Waals surface area contributed by atoms with Crippen molar-refractivity contribution in [2.75, 3.05) is 13.7 Å². The lowest BCUT2D eigenvalue weighted by Gasteiger charge is -2.25. The van der Waals surface area contributed by atoms with Crippen LogP contribution < -0.4 is 10.1 Å². The summed E-state index contributed by atoms with van der Waals surface area (Å²) in [5.74, 6) is 1.73. The summed E-state index contributed by atoms with van der Waals surface area (Å²) in [5, 5.41) is 3.61. The summed E-state index contributed by atoms with van der Waals surface area (Å²) in [7, 11) is 1.71. The summed E-state index contributed by atoms with van der Waals surface area (Å²) in [4.78, 5) is 4.42. The van der Waals surface area contributed by atoms with Crippen LogP contribution in [0.25, 0.3) is 5.57 Å². The van der Waals surface area contributed by atoms with Gasteiger partial charge in [0, 0.05) is 12.2 Å². The highest BCUT2D eigenvalue weighted by Gasteiger charge is 2.30. The number of aromatic nitrogens is 1. The minimum atomic E-state index is 0.664. The van der Waals surface area contributed by atoms with E-state index in [1.807, 2.05) is 13.1 Å². The molecule has 3 nitrogen and oxygen atoms in total. The lowest BCUT2D eigenvalue weighted by molar-refractivity contribution is 0.408. The Morgan fingerprint density at radius 2 is 2.33 bits per heavy atom. The van der Waals surface area contributed by atoms with Gasteiger partial charge in [-0.05, 0) is 55.9 Å². The SMILES string of the molecule is COc1cc(C2=CC[C@H]3CCN[C@H]3C2)cnc1C. The number of fused-ring (bicyclic) bond motifs is 1. The van der Waals surface area contributed by atoms with E-state index >= 15 is 0 Å². The Labute approximate surface area is 108 Å². The predicted molar refractivity (Wildman–Crippen MR) is 72.6 cm³/mol. The standard InChI is InChI=1S/C15H20N2O/c1-10-15(18-2)8-13(9-17-10)12-4-3-11-5-6-16-14(11)7-12/h4,8-9,11,14,16H,3,5-7H2,1-2H3/t11-,14-/m0/s1. The van der Waals surface area contributed by atoms with Crippen LogP contribution in [0.4, 0.5) is 0 Å². The maximum absolute atomic E-state index is 5.36. The molecule has 1 aromatic heterocycles. The van der Waals surface area contributed by atoms with Crippen molar-refractivity contribution in [1.29, 1.82) is 0 Å². The van der Waals surface area contributed by atoms with Crippen molar-refractivity contribution < 1.29 is 4.74 Å². The number of methoxy groups -OCH3 is 1. The van der Waals surface area contributed by atoms with Crippen molar-refractivity contribution in [1.82, 2.24) is 10.3 Å². The monoisotopic (exact) mass is 244 g/mol. The Kier molecular flexibility index (Phi) is 3.08. The van der Waals surface area contributed by atoms with Crippen molar-refractivity contribution in [3.05, 3.63) is 29.6 Å². The Morgan fingerprint density at radius 1 is 1.44 bits per heavy atom. The Bertz CT molecular complexity index is 481. The number of pyridine rings is 1. The van der Waals surface area contributed by atoms with Gasteiger partial charge in [0.25, 0.3) is 0 Å². The largest absolute Gasteiger partial charge is 0.495 e. The molecule has 2 aliphatic rings.